The van der Waals surface area contributed by atoms with Gasteiger partial charge in [0.25, 0.3) is 0 Å². The third-order valence-electron chi connectivity index (χ3n) is 0. The average molecular weight is 263 g/mol. The molecule has 0 saturated heterocycles. The molecule has 0 aliphatic rings. The maximum atomic E-state index is 0. The first-order chi connectivity index (χ1) is 0. The number of halogens is 5. The molecule has 7 heavy (non-hydrogen) atoms. The molecule has 0 amide bonds. The average Bonchev–Trinajstić information content (AvgIpc) is 0. The summed E-state index contributed by atoms with van der Waals surface area (Å²) in [6.45, 7) is 0. The van der Waals surface area contributed by atoms with Crippen LogP contribution in [0.25, 0.3) is 0 Å². The van der Waals surface area contributed by atoms with Gasteiger partial charge in [0.15, 0.2) is 0 Å². The van der Waals surface area contributed by atoms with Crippen LogP contribution in [0.1, 0.15) is 0 Å². The van der Waals surface area contributed by atoms with Crippen LogP contribution < -0.4 is 31.0 Å². The Bertz CT molecular complexity index is 8.04. The summed E-state index contributed by atoms with van der Waals surface area (Å²) >= 11 is 0. The van der Waals surface area contributed by atoms with Crippen molar-refractivity contribution in [1.82, 2.24) is 6.15 Å². The Morgan fingerprint density at radius 2 is 0.571 bits per heavy atom. The van der Waals surface area contributed by atoms with Crippen molar-refractivity contribution in [1.29, 1.82) is 0 Å². The molecule has 0 heterocycles. The van der Waals surface area contributed by atoms with Gasteiger partial charge >= 0.3 is 19.5 Å². The quantitative estimate of drug-likeness (QED) is 0.439. The van der Waals surface area contributed by atoms with E-state index in [9.17, 15) is 0 Å². The van der Waals surface area contributed by atoms with Crippen molar-refractivity contribution >= 4 is 37.2 Å². The molecule has 0 aromatic heterocycles. The van der Waals surface area contributed by atoms with Gasteiger partial charge in [-0.15, -0.1) is 37.2 Å². The molecular weight excluding hydrogens is 257 g/mol. The first-order valence-electron chi connectivity index (χ1n) is 0. The molecule has 0 radical (unpaired) electrons. The Balaban J connectivity index is 0. The summed E-state index contributed by atoms with van der Waals surface area (Å²) in [6.07, 6.45) is 0. The van der Waals surface area contributed by atoms with E-state index in [2.05, 4.69) is 0 Å². The summed E-state index contributed by atoms with van der Waals surface area (Å²) in [5.74, 6) is 0. The van der Waals surface area contributed by atoms with E-state index in [1.807, 2.05) is 0 Å². The molecular formula is H6Cl5NZn. The molecule has 0 rings (SSSR count). The maximum absolute atomic E-state index is 0. The number of hydrogen-bond donors (Lipinski definition) is 1. The fraction of sp³-hybridized carbons (Fsp3) is 0. The van der Waals surface area contributed by atoms with Crippen molar-refractivity contribution in [2.45, 2.75) is 0 Å². The third kappa shape index (κ3) is 70.7. The molecule has 3 N–H and O–H groups in total. The molecule has 48 valence electrons. The molecule has 0 aliphatic heterocycles. The van der Waals surface area contributed by atoms with Gasteiger partial charge in [0.2, 0.25) is 0 Å². The second-order valence-electron chi connectivity index (χ2n) is 0. The van der Waals surface area contributed by atoms with E-state index in [1.54, 1.807) is 0 Å². The molecule has 7 heteroatoms. The zero-order chi connectivity index (χ0) is 0. The van der Waals surface area contributed by atoms with Crippen LogP contribution in [-0.4, -0.2) is 0 Å². The van der Waals surface area contributed by atoms with Crippen molar-refractivity contribution < 1.29 is 44.3 Å². The van der Waals surface area contributed by atoms with E-state index >= 15 is 0 Å². The van der Waals surface area contributed by atoms with Gasteiger partial charge in [-0.1, -0.05) is 0 Å². The van der Waals surface area contributed by atoms with Crippen LogP contribution in [0.5, 0.6) is 0 Å². The van der Waals surface area contributed by atoms with Crippen LogP contribution in [0.3, 0.4) is 0 Å². The van der Waals surface area contributed by atoms with Gasteiger partial charge in [-0.3, -0.25) is 0 Å². The summed E-state index contributed by atoms with van der Waals surface area (Å²) in [6, 6.07) is 0. The van der Waals surface area contributed by atoms with E-state index in [0.29, 0.717) is 0 Å². The Hall–Kier alpha value is 2.03. The summed E-state index contributed by atoms with van der Waals surface area (Å²) in [5.41, 5.74) is 0. The van der Waals surface area contributed by atoms with Gasteiger partial charge in [-0.2, -0.15) is 0 Å². The molecule has 1 nitrogen and oxygen atoms in total. The third-order valence-corrected chi connectivity index (χ3v) is 0. The second-order valence-corrected chi connectivity index (χ2v) is 0. The Morgan fingerprint density at radius 3 is 0.571 bits per heavy atom. The predicted molar refractivity (Wildman–Crippen MR) is 26.8 cm³/mol. The van der Waals surface area contributed by atoms with Crippen molar-refractivity contribution in [2.75, 3.05) is 0 Å². The molecule has 0 aliphatic carbocycles. The Morgan fingerprint density at radius 1 is 0.571 bits per heavy atom. The maximum Gasteiger partial charge on any atom is 2.00 e. The van der Waals surface area contributed by atoms with Crippen molar-refractivity contribution in [3.05, 3.63) is 0 Å². The summed E-state index contributed by atoms with van der Waals surface area (Å²) in [5, 5.41) is 0. The molecule has 0 unspecified atom stereocenters. The summed E-state index contributed by atoms with van der Waals surface area (Å²) in [7, 11) is 0. The standard InChI is InChI=1S/5ClH.H3N.Zn/h5*1H;1H3;/q;;;;;;+2/p-2. The van der Waals surface area contributed by atoms with Gasteiger partial charge < -0.3 is 31.0 Å². The van der Waals surface area contributed by atoms with Crippen molar-refractivity contribution in [2.24, 2.45) is 0 Å². The first kappa shape index (κ1) is 141. The van der Waals surface area contributed by atoms with Gasteiger partial charge in [0, 0.05) is 0 Å². The summed E-state index contributed by atoms with van der Waals surface area (Å²) < 4.78 is 0. The van der Waals surface area contributed by atoms with E-state index < -0.39 is 0 Å². The largest absolute Gasteiger partial charge is 2.00 e. The van der Waals surface area contributed by atoms with Crippen LogP contribution in [-0.2, 0) is 19.5 Å². The Labute approximate surface area is 87.2 Å². The van der Waals surface area contributed by atoms with E-state index in [-0.39, 0.29) is 87.7 Å². The topological polar surface area (TPSA) is 35.0 Å². The predicted octanol–water partition coefficient (Wildman–Crippen LogP) is -4.57. The minimum absolute atomic E-state index is 0. The molecule has 0 aromatic rings. The van der Waals surface area contributed by atoms with Gasteiger partial charge in [-0.05, 0) is 0 Å². The van der Waals surface area contributed by atoms with Gasteiger partial charge in [-0.25, -0.2) is 0 Å². The minimum atomic E-state index is 0. The van der Waals surface area contributed by atoms with E-state index in [1.165, 1.54) is 0 Å². The van der Waals surface area contributed by atoms with Crippen LogP contribution in [0.2, 0.25) is 0 Å². The molecule has 0 fully saturated rings. The van der Waals surface area contributed by atoms with Crippen molar-refractivity contribution in [3.63, 3.8) is 0 Å². The zero-order valence-corrected chi connectivity index (χ0v) is 10.3. The Kier molecular flexibility index (Phi) is 1940. The molecule has 0 saturated carbocycles. The van der Waals surface area contributed by atoms with Crippen LogP contribution in [0, 0.1) is 0 Å². The smallest absolute Gasteiger partial charge is 1.00 e. The normalized spacial score (nSPS) is 0. The minimum Gasteiger partial charge on any atom is -1.00 e. The molecule has 0 aromatic carbocycles. The summed E-state index contributed by atoms with van der Waals surface area (Å²) in [4.78, 5) is 0. The van der Waals surface area contributed by atoms with E-state index in [0.717, 1.165) is 0 Å². The monoisotopic (exact) mass is 259 g/mol. The number of rotatable bonds is 0. The van der Waals surface area contributed by atoms with Gasteiger partial charge in [0.1, 0.15) is 0 Å². The fourth-order valence-corrected chi connectivity index (χ4v) is 0. The second kappa shape index (κ2) is 96.1. The molecule has 0 bridgehead atoms. The van der Waals surface area contributed by atoms with Crippen LogP contribution >= 0.6 is 37.2 Å². The molecule has 0 spiro atoms. The number of hydrogen-bond acceptors (Lipinski definition) is 1. The van der Waals surface area contributed by atoms with E-state index in [4.69, 9.17) is 0 Å². The van der Waals surface area contributed by atoms with Crippen LogP contribution in [0.4, 0.5) is 0 Å². The van der Waals surface area contributed by atoms with Crippen LogP contribution in [0.15, 0.2) is 0 Å². The fourth-order valence-electron chi connectivity index (χ4n) is 0. The first-order valence-corrected chi connectivity index (χ1v) is 0. The zero-order valence-electron chi connectivity index (χ0n) is 3.39. The van der Waals surface area contributed by atoms with Crippen molar-refractivity contribution in [3.8, 4) is 0 Å². The molecule has 0 atom stereocenters. The van der Waals surface area contributed by atoms with Gasteiger partial charge in [0.05, 0.1) is 0 Å². The SMILES string of the molecule is Cl.Cl.Cl.N.[Cl-].[Cl-].[Zn+2].